The zero-order chi connectivity index (χ0) is 6.78. The van der Waals surface area contributed by atoms with E-state index in [-0.39, 0.29) is 17.0 Å². The lowest BCUT2D eigenvalue weighted by molar-refractivity contribution is -0.161. The van der Waals surface area contributed by atoms with Crippen molar-refractivity contribution in [3.8, 4) is 0 Å². The quantitative estimate of drug-likeness (QED) is 0.629. The summed E-state index contributed by atoms with van der Waals surface area (Å²) in [4.78, 5) is 14.1. The third-order valence-electron chi connectivity index (χ3n) is 0.810. The molecule has 0 aliphatic heterocycles. The standard InChI is InChI=1S/C4H9NO3.BrH/c1-4(2,8-5)3(6)7;/h5H2,1-2H3,(H,6,7);1H. The number of nitrogens with two attached hydrogens (primary N) is 1. The van der Waals surface area contributed by atoms with Crippen molar-refractivity contribution in [3.05, 3.63) is 0 Å². The van der Waals surface area contributed by atoms with E-state index in [0.29, 0.717) is 0 Å². The van der Waals surface area contributed by atoms with E-state index in [1.165, 1.54) is 13.8 Å². The predicted octanol–water partition coefficient (Wildman–Crippen LogP) is 0.318. The lowest BCUT2D eigenvalue weighted by atomic mass is 10.1. The molecule has 0 aromatic heterocycles. The third kappa shape index (κ3) is 3.45. The molecule has 0 radical (unpaired) electrons. The normalized spacial score (nSPS) is 10.1. The first-order valence-corrected chi connectivity index (χ1v) is 2.12. The minimum Gasteiger partial charge on any atom is -0.479 e. The molecule has 0 aliphatic carbocycles. The van der Waals surface area contributed by atoms with Crippen LogP contribution in [0.2, 0.25) is 0 Å². The first kappa shape index (κ1) is 11.6. The summed E-state index contributed by atoms with van der Waals surface area (Å²) in [5, 5.41) is 8.24. The van der Waals surface area contributed by atoms with Crippen LogP contribution in [0.4, 0.5) is 0 Å². The Labute approximate surface area is 63.7 Å². The van der Waals surface area contributed by atoms with Crippen molar-refractivity contribution >= 4 is 23.0 Å². The molecule has 0 saturated heterocycles. The van der Waals surface area contributed by atoms with Crippen molar-refractivity contribution < 1.29 is 14.7 Å². The molecule has 0 saturated carbocycles. The minimum atomic E-state index is -1.26. The highest BCUT2D eigenvalue weighted by atomic mass is 79.9. The Bertz CT molecular complexity index is 104. The number of aliphatic carboxylic acids is 1. The molecule has 0 aromatic rings. The number of carboxylic acid groups (broad SMARTS) is 1. The largest absolute Gasteiger partial charge is 0.479 e. The molecule has 5 heteroatoms. The van der Waals surface area contributed by atoms with Gasteiger partial charge < -0.3 is 5.11 Å². The summed E-state index contributed by atoms with van der Waals surface area (Å²) in [5.74, 6) is 3.56. The number of rotatable bonds is 2. The highest BCUT2D eigenvalue weighted by Crippen LogP contribution is 2.03. The van der Waals surface area contributed by atoms with Crippen LogP contribution in [0.15, 0.2) is 0 Å². The Morgan fingerprint density at radius 1 is 1.67 bits per heavy atom. The van der Waals surface area contributed by atoms with Crippen LogP contribution < -0.4 is 5.90 Å². The molecule has 3 N–H and O–H groups in total. The van der Waals surface area contributed by atoms with Gasteiger partial charge in [-0.05, 0) is 13.8 Å². The van der Waals surface area contributed by atoms with Gasteiger partial charge in [-0.25, -0.2) is 10.7 Å². The molecule has 0 amide bonds. The predicted molar refractivity (Wildman–Crippen MR) is 37.3 cm³/mol. The van der Waals surface area contributed by atoms with Gasteiger partial charge in [-0.2, -0.15) is 0 Å². The summed E-state index contributed by atoms with van der Waals surface area (Å²) in [5.41, 5.74) is -1.26. The van der Waals surface area contributed by atoms with Gasteiger partial charge >= 0.3 is 5.97 Å². The minimum absolute atomic E-state index is 0. The lowest BCUT2D eigenvalue weighted by Crippen LogP contribution is -2.37. The molecule has 0 aromatic carbocycles. The average molecular weight is 200 g/mol. The monoisotopic (exact) mass is 199 g/mol. The molecule has 0 atom stereocenters. The Hall–Kier alpha value is -0.130. The fourth-order valence-corrected chi connectivity index (χ4v) is 0.0504. The summed E-state index contributed by atoms with van der Waals surface area (Å²) < 4.78 is 0. The molecule has 56 valence electrons. The Balaban J connectivity index is 0. The molecule has 0 aliphatic rings. The van der Waals surface area contributed by atoms with Crippen molar-refractivity contribution in [2.24, 2.45) is 5.90 Å². The van der Waals surface area contributed by atoms with E-state index >= 15 is 0 Å². The first-order chi connectivity index (χ1) is 3.50. The van der Waals surface area contributed by atoms with Gasteiger partial charge in [0.2, 0.25) is 0 Å². The summed E-state index contributed by atoms with van der Waals surface area (Å²) in [7, 11) is 0. The van der Waals surface area contributed by atoms with E-state index in [1.807, 2.05) is 0 Å². The molecule has 0 spiro atoms. The number of carbonyl (C=O) groups is 1. The molecule has 0 heterocycles. The van der Waals surface area contributed by atoms with Crippen LogP contribution in [0.3, 0.4) is 0 Å². The SMILES string of the molecule is Br.CC(C)(ON)C(=O)O. The van der Waals surface area contributed by atoms with Crippen molar-refractivity contribution in [1.29, 1.82) is 0 Å². The molecule has 0 rings (SSSR count). The van der Waals surface area contributed by atoms with Crippen LogP contribution in [0.1, 0.15) is 13.8 Å². The van der Waals surface area contributed by atoms with Gasteiger partial charge in [-0.3, -0.25) is 4.84 Å². The zero-order valence-electron chi connectivity index (χ0n) is 5.25. The molecule has 9 heavy (non-hydrogen) atoms. The second-order valence-corrected chi connectivity index (χ2v) is 1.93. The van der Waals surface area contributed by atoms with Crippen molar-refractivity contribution in [2.75, 3.05) is 0 Å². The van der Waals surface area contributed by atoms with E-state index in [9.17, 15) is 4.79 Å². The first-order valence-electron chi connectivity index (χ1n) is 2.12. The topological polar surface area (TPSA) is 72.5 Å². The Morgan fingerprint density at radius 3 is 2.00 bits per heavy atom. The Morgan fingerprint density at radius 2 is 2.00 bits per heavy atom. The van der Waals surface area contributed by atoms with Crippen LogP contribution in [0.25, 0.3) is 0 Å². The van der Waals surface area contributed by atoms with Crippen molar-refractivity contribution in [1.82, 2.24) is 0 Å². The maximum absolute atomic E-state index is 10.0. The molecule has 0 unspecified atom stereocenters. The van der Waals surface area contributed by atoms with Crippen LogP contribution in [-0.4, -0.2) is 16.7 Å². The number of hydrogen-bond donors (Lipinski definition) is 2. The average Bonchev–Trinajstić information content (AvgIpc) is 1.67. The maximum atomic E-state index is 10.0. The smallest absolute Gasteiger partial charge is 0.337 e. The fourth-order valence-electron chi connectivity index (χ4n) is 0.0504. The second-order valence-electron chi connectivity index (χ2n) is 1.93. The van der Waals surface area contributed by atoms with Crippen LogP contribution >= 0.6 is 17.0 Å². The molecule has 4 nitrogen and oxygen atoms in total. The van der Waals surface area contributed by atoms with Crippen molar-refractivity contribution in [3.63, 3.8) is 0 Å². The number of hydrogen-bond acceptors (Lipinski definition) is 3. The molecule has 0 bridgehead atoms. The zero-order valence-corrected chi connectivity index (χ0v) is 6.96. The van der Waals surface area contributed by atoms with Gasteiger partial charge in [0.15, 0.2) is 5.60 Å². The molecular formula is C4H10BrNO3. The van der Waals surface area contributed by atoms with E-state index in [1.54, 1.807) is 0 Å². The van der Waals surface area contributed by atoms with E-state index in [2.05, 4.69) is 10.7 Å². The van der Waals surface area contributed by atoms with Crippen LogP contribution in [0.5, 0.6) is 0 Å². The van der Waals surface area contributed by atoms with Crippen molar-refractivity contribution in [2.45, 2.75) is 19.4 Å². The van der Waals surface area contributed by atoms with Gasteiger partial charge in [0, 0.05) is 0 Å². The fraction of sp³-hybridized carbons (Fsp3) is 0.750. The molecule has 0 fully saturated rings. The van der Waals surface area contributed by atoms with E-state index in [0.717, 1.165) is 0 Å². The number of carboxylic acids is 1. The molecular weight excluding hydrogens is 190 g/mol. The lowest BCUT2D eigenvalue weighted by Gasteiger charge is -2.14. The van der Waals surface area contributed by atoms with Gasteiger partial charge in [-0.1, -0.05) is 0 Å². The van der Waals surface area contributed by atoms with Gasteiger partial charge in [0.25, 0.3) is 0 Å². The maximum Gasteiger partial charge on any atom is 0.337 e. The summed E-state index contributed by atoms with van der Waals surface area (Å²) >= 11 is 0. The summed E-state index contributed by atoms with van der Waals surface area (Å²) in [6.45, 7) is 2.74. The van der Waals surface area contributed by atoms with Gasteiger partial charge in [0.1, 0.15) is 0 Å². The summed E-state index contributed by atoms with van der Waals surface area (Å²) in [6, 6.07) is 0. The van der Waals surface area contributed by atoms with Crippen LogP contribution in [0, 0.1) is 0 Å². The van der Waals surface area contributed by atoms with Gasteiger partial charge in [-0.15, -0.1) is 17.0 Å². The number of halogens is 1. The third-order valence-corrected chi connectivity index (χ3v) is 0.810. The van der Waals surface area contributed by atoms with Gasteiger partial charge in [0.05, 0.1) is 0 Å². The highest BCUT2D eigenvalue weighted by molar-refractivity contribution is 8.93. The van der Waals surface area contributed by atoms with E-state index < -0.39 is 11.6 Å². The Kier molecular flexibility index (Phi) is 4.93. The van der Waals surface area contributed by atoms with Crippen LogP contribution in [-0.2, 0) is 9.63 Å². The summed E-state index contributed by atoms with van der Waals surface area (Å²) in [6.07, 6.45) is 0. The second kappa shape index (κ2) is 3.81. The highest BCUT2D eigenvalue weighted by Gasteiger charge is 2.26. The van der Waals surface area contributed by atoms with E-state index in [4.69, 9.17) is 5.11 Å².